The molecular weight excluding hydrogens is 268 g/mol. The Hall–Kier alpha value is -2.05. The van der Waals surface area contributed by atoms with Crippen LogP contribution in [-0.2, 0) is 4.74 Å². The number of halogens is 2. The first-order valence-electron chi connectivity index (χ1n) is 6.01. The van der Waals surface area contributed by atoms with Crippen LogP contribution in [-0.4, -0.2) is 36.6 Å². The molecule has 0 fully saturated rings. The van der Waals surface area contributed by atoms with E-state index in [9.17, 15) is 13.6 Å². The van der Waals surface area contributed by atoms with E-state index in [0.29, 0.717) is 11.6 Å². The number of esters is 1. The van der Waals surface area contributed by atoms with Gasteiger partial charge in [0, 0.05) is 26.7 Å². The van der Waals surface area contributed by atoms with Gasteiger partial charge in [-0.2, -0.15) is 8.78 Å². The van der Waals surface area contributed by atoms with Gasteiger partial charge in [-0.3, -0.25) is 0 Å². The quantitative estimate of drug-likeness (QED) is 0.778. The molecule has 5 nitrogen and oxygen atoms in total. The second-order valence-corrected chi connectivity index (χ2v) is 4.49. The summed E-state index contributed by atoms with van der Waals surface area (Å²) in [5.74, 6) is -0.128. The average molecular weight is 285 g/mol. The van der Waals surface area contributed by atoms with Crippen LogP contribution in [0.2, 0.25) is 0 Å². The van der Waals surface area contributed by atoms with E-state index < -0.39 is 12.0 Å². The molecule has 0 radical (unpaired) electrons. The summed E-state index contributed by atoms with van der Waals surface area (Å²) in [5.41, 5.74) is 0.629. The second kappa shape index (κ2) is 6.93. The first-order valence-corrected chi connectivity index (χ1v) is 6.01. The summed E-state index contributed by atoms with van der Waals surface area (Å²) >= 11 is 0. The van der Waals surface area contributed by atoms with Gasteiger partial charge in [-0.05, 0) is 19.4 Å². The number of aryl methyl sites for hydroxylation is 1. The van der Waals surface area contributed by atoms with Gasteiger partial charge in [-0.1, -0.05) is 0 Å². The number of hydrogen-bond acceptors (Lipinski definition) is 5. The molecule has 0 bridgehead atoms. The molecule has 0 aliphatic rings. The lowest BCUT2D eigenvalue weighted by Gasteiger charge is -2.12. The molecule has 0 aromatic carbocycles. The maximum absolute atomic E-state index is 12.2. The minimum Gasteiger partial charge on any atom is -0.462 e. The van der Waals surface area contributed by atoms with Gasteiger partial charge < -0.3 is 9.64 Å². The summed E-state index contributed by atoms with van der Waals surface area (Å²) in [6, 6.07) is 0. The highest BCUT2D eigenvalue weighted by atomic mass is 19.3. The van der Waals surface area contributed by atoms with Gasteiger partial charge in [0.05, 0.1) is 17.9 Å². The van der Waals surface area contributed by atoms with Crippen LogP contribution in [0.3, 0.4) is 0 Å². The van der Waals surface area contributed by atoms with Crippen LogP contribution in [0.1, 0.15) is 29.4 Å². The Balaban J connectivity index is 2.67. The summed E-state index contributed by atoms with van der Waals surface area (Å²) in [7, 11) is 3.57. The predicted molar refractivity (Wildman–Crippen MR) is 70.9 cm³/mol. The third-order valence-corrected chi connectivity index (χ3v) is 2.62. The number of carbonyl (C=O) groups excluding carboxylic acids is 1. The maximum Gasteiger partial charge on any atom is 0.341 e. The van der Waals surface area contributed by atoms with Gasteiger partial charge >= 0.3 is 5.97 Å². The fourth-order valence-corrected chi connectivity index (χ4v) is 1.34. The molecule has 1 rings (SSSR count). The SMILES string of the molecule is CC(CCOC(=O)c1cnc(N(C)C)nc1C)=C(F)F. The van der Waals surface area contributed by atoms with Gasteiger partial charge in [-0.15, -0.1) is 0 Å². The van der Waals surface area contributed by atoms with Gasteiger partial charge in [0.2, 0.25) is 5.95 Å². The van der Waals surface area contributed by atoms with Crippen molar-refractivity contribution in [3.63, 3.8) is 0 Å². The minimum absolute atomic E-state index is 0.00373. The molecule has 0 N–H and O–H groups in total. The third-order valence-electron chi connectivity index (χ3n) is 2.62. The van der Waals surface area contributed by atoms with E-state index >= 15 is 0 Å². The minimum atomic E-state index is -1.74. The Kier molecular flexibility index (Phi) is 5.54. The van der Waals surface area contributed by atoms with E-state index in [1.807, 2.05) is 0 Å². The molecule has 0 unspecified atom stereocenters. The van der Waals surface area contributed by atoms with Crippen molar-refractivity contribution in [2.24, 2.45) is 0 Å². The van der Waals surface area contributed by atoms with E-state index in [0.717, 1.165) is 0 Å². The van der Waals surface area contributed by atoms with Crippen LogP contribution in [0.15, 0.2) is 17.9 Å². The predicted octanol–water partition coefficient (Wildman–Crippen LogP) is 2.57. The molecule has 20 heavy (non-hydrogen) atoms. The molecule has 110 valence electrons. The van der Waals surface area contributed by atoms with Crippen molar-refractivity contribution in [2.45, 2.75) is 20.3 Å². The Morgan fingerprint density at radius 1 is 1.40 bits per heavy atom. The highest BCUT2D eigenvalue weighted by molar-refractivity contribution is 5.90. The van der Waals surface area contributed by atoms with Crippen molar-refractivity contribution in [1.29, 1.82) is 0 Å². The van der Waals surface area contributed by atoms with Crippen molar-refractivity contribution in [2.75, 3.05) is 25.6 Å². The largest absolute Gasteiger partial charge is 0.462 e. The number of aromatic nitrogens is 2. The molecule has 0 saturated heterocycles. The van der Waals surface area contributed by atoms with Crippen LogP contribution in [0.25, 0.3) is 0 Å². The van der Waals surface area contributed by atoms with E-state index in [1.165, 1.54) is 13.1 Å². The molecule has 0 spiro atoms. The number of ether oxygens (including phenoxy) is 1. The third kappa shape index (κ3) is 4.25. The van der Waals surface area contributed by atoms with E-state index in [2.05, 4.69) is 9.97 Å². The highest BCUT2D eigenvalue weighted by Crippen LogP contribution is 2.13. The average Bonchev–Trinajstić information content (AvgIpc) is 2.37. The van der Waals surface area contributed by atoms with Crippen molar-refractivity contribution < 1.29 is 18.3 Å². The van der Waals surface area contributed by atoms with Gasteiger partial charge in [-0.25, -0.2) is 14.8 Å². The number of carbonyl (C=O) groups is 1. The van der Waals surface area contributed by atoms with Crippen LogP contribution in [0, 0.1) is 6.92 Å². The number of rotatable bonds is 5. The molecule has 0 amide bonds. The van der Waals surface area contributed by atoms with Crippen molar-refractivity contribution in [1.82, 2.24) is 9.97 Å². The van der Waals surface area contributed by atoms with Gasteiger partial charge in [0.25, 0.3) is 6.08 Å². The lowest BCUT2D eigenvalue weighted by atomic mass is 10.2. The lowest BCUT2D eigenvalue weighted by molar-refractivity contribution is 0.0506. The first kappa shape index (κ1) is 16.0. The second-order valence-electron chi connectivity index (χ2n) is 4.49. The zero-order valence-corrected chi connectivity index (χ0v) is 11.9. The summed E-state index contributed by atoms with van der Waals surface area (Å²) < 4.78 is 29.3. The molecule has 1 heterocycles. The fourth-order valence-electron chi connectivity index (χ4n) is 1.34. The topological polar surface area (TPSA) is 55.3 Å². The summed E-state index contributed by atoms with van der Waals surface area (Å²) in [5, 5.41) is 0. The Morgan fingerprint density at radius 2 is 2.05 bits per heavy atom. The normalized spacial score (nSPS) is 10.1. The van der Waals surface area contributed by atoms with Crippen LogP contribution in [0.5, 0.6) is 0 Å². The molecule has 1 aromatic rings. The Labute approximate surface area is 116 Å². The molecule has 0 aliphatic carbocycles. The first-order chi connectivity index (χ1) is 9.32. The molecular formula is C13H17F2N3O2. The van der Waals surface area contributed by atoms with Crippen LogP contribution >= 0.6 is 0 Å². The van der Waals surface area contributed by atoms with E-state index in [-0.39, 0.29) is 24.2 Å². The molecule has 1 aromatic heterocycles. The van der Waals surface area contributed by atoms with Gasteiger partial charge in [0.15, 0.2) is 0 Å². The lowest BCUT2D eigenvalue weighted by Crippen LogP contribution is -2.16. The summed E-state index contributed by atoms with van der Waals surface area (Å²) in [6.07, 6.45) is -0.363. The van der Waals surface area contributed by atoms with Crippen LogP contribution < -0.4 is 4.90 Å². The van der Waals surface area contributed by atoms with Crippen LogP contribution in [0.4, 0.5) is 14.7 Å². The fraction of sp³-hybridized carbons (Fsp3) is 0.462. The van der Waals surface area contributed by atoms with Crippen molar-refractivity contribution in [3.8, 4) is 0 Å². The molecule has 0 saturated carbocycles. The smallest absolute Gasteiger partial charge is 0.341 e. The number of nitrogens with zero attached hydrogens (tertiary/aromatic N) is 3. The Bertz CT molecular complexity index is 526. The van der Waals surface area contributed by atoms with Crippen molar-refractivity contribution in [3.05, 3.63) is 29.1 Å². The van der Waals surface area contributed by atoms with E-state index in [4.69, 9.17) is 4.74 Å². The molecule has 0 atom stereocenters. The maximum atomic E-state index is 12.2. The summed E-state index contributed by atoms with van der Waals surface area (Å²) in [6.45, 7) is 2.86. The molecule has 7 heteroatoms. The molecule has 0 aliphatic heterocycles. The van der Waals surface area contributed by atoms with E-state index in [1.54, 1.807) is 25.9 Å². The van der Waals surface area contributed by atoms with Gasteiger partial charge in [0.1, 0.15) is 0 Å². The standard InChI is InChI=1S/C13H17F2N3O2/c1-8(11(14)15)5-6-20-12(19)10-7-16-13(18(3)4)17-9(10)2/h7H,5-6H2,1-4H3. The Morgan fingerprint density at radius 3 is 2.55 bits per heavy atom. The zero-order valence-electron chi connectivity index (χ0n) is 11.9. The number of hydrogen-bond donors (Lipinski definition) is 0. The highest BCUT2D eigenvalue weighted by Gasteiger charge is 2.14. The van der Waals surface area contributed by atoms with Crippen molar-refractivity contribution >= 4 is 11.9 Å². The summed E-state index contributed by atoms with van der Waals surface area (Å²) in [4.78, 5) is 21.7. The number of anilines is 1. The zero-order chi connectivity index (χ0) is 15.3. The monoisotopic (exact) mass is 285 g/mol.